The highest BCUT2D eigenvalue weighted by Gasteiger charge is 2.27. The lowest BCUT2D eigenvalue weighted by molar-refractivity contribution is 0.0494. The average Bonchev–Trinajstić information content (AvgIpc) is 2.46. The van der Waals surface area contributed by atoms with Crippen LogP contribution in [0.25, 0.3) is 0 Å². The summed E-state index contributed by atoms with van der Waals surface area (Å²) in [4.78, 5) is 0.279. The van der Waals surface area contributed by atoms with Gasteiger partial charge in [0, 0.05) is 18.8 Å². The van der Waals surface area contributed by atoms with E-state index in [1.54, 1.807) is 31.2 Å². The maximum atomic E-state index is 11.5. The molecule has 0 unspecified atom stereocenters. The fourth-order valence-corrected chi connectivity index (χ4v) is 3.74. The molecule has 1 aliphatic carbocycles. The smallest absolute Gasteiger partial charge is 0.175 e. The van der Waals surface area contributed by atoms with Gasteiger partial charge in [-0.1, -0.05) is 31.9 Å². The van der Waals surface area contributed by atoms with Crippen LogP contribution in [-0.4, -0.2) is 32.4 Å². The molecule has 1 saturated carbocycles. The summed E-state index contributed by atoms with van der Waals surface area (Å²) < 4.78 is 23.0. The van der Waals surface area contributed by atoms with Crippen LogP contribution in [0.1, 0.15) is 45.1 Å². The molecule has 3 atom stereocenters. The molecule has 0 spiro atoms. The molecule has 4 nitrogen and oxygen atoms in total. The highest BCUT2D eigenvalue weighted by Crippen LogP contribution is 2.26. The fraction of sp³-hybridized carbons (Fsp3) is 0.647. The quantitative estimate of drug-likeness (QED) is 0.873. The first-order chi connectivity index (χ1) is 10.2. The largest absolute Gasteiger partial charge is 0.384 e. The Labute approximate surface area is 133 Å². The van der Waals surface area contributed by atoms with Gasteiger partial charge in [0.1, 0.15) is 0 Å². The van der Waals surface area contributed by atoms with E-state index in [9.17, 15) is 13.5 Å². The number of benzene rings is 1. The lowest BCUT2D eigenvalue weighted by Gasteiger charge is -2.33. The lowest BCUT2D eigenvalue weighted by atomic mass is 9.85. The van der Waals surface area contributed by atoms with Gasteiger partial charge in [0.2, 0.25) is 0 Å². The maximum Gasteiger partial charge on any atom is 0.175 e. The standard InChI is InChI=1S/C17H27NO3S/c1-13-6-4-5-7-16(13)18-12-17(2,19)14-8-10-15(11-9-14)22(3,20)21/h8-11,13,16,18-19H,4-7,12H2,1-3H3/t13-,16-,17+/m1/s1. The van der Waals surface area contributed by atoms with Crippen LogP contribution in [0.3, 0.4) is 0 Å². The second-order valence-electron chi connectivity index (χ2n) is 6.82. The van der Waals surface area contributed by atoms with Crippen molar-refractivity contribution in [2.75, 3.05) is 12.8 Å². The molecule has 0 aromatic heterocycles. The van der Waals surface area contributed by atoms with Crippen LogP contribution in [0.2, 0.25) is 0 Å². The van der Waals surface area contributed by atoms with E-state index < -0.39 is 15.4 Å². The highest BCUT2D eigenvalue weighted by molar-refractivity contribution is 7.90. The second-order valence-corrected chi connectivity index (χ2v) is 8.84. The van der Waals surface area contributed by atoms with Crippen LogP contribution in [0, 0.1) is 5.92 Å². The van der Waals surface area contributed by atoms with Gasteiger partial charge in [0.05, 0.1) is 10.5 Å². The molecule has 1 aliphatic rings. The minimum atomic E-state index is -3.20. The van der Waals surface area contributed by atoms with Crippen LogP contribution >= 0.6 is 0 Å². The third kappa shape index (κ3) is 4.31. The first kappa shape index (κ1) is 17.4. The van der Waals surface area contributed by atoms with Crippen molar-refractivity contribution in [3.05, 3.63) is 29.8 Å². The van der Waals surface area contributed by atoms with Gasteiger partial charge in [-0.15, -0.1) is 0 Å². The van der Waals surface area contributed by atoms with Gasteiger partial charge >= 0.3 is 0 Å². The SMILES string of the molecule is C[C@@H]1CCCC[C@H]1NC[C@](C)(O)c1ccc(S(C)(=O)=O)cc1. The third-order valence-corrected chi connectivity index (χ3v) is 5.85. The lowest BCUT2D eigenvalue weighted by Crippen LogP contribution is -2.44. The van der Waals surface area contributed by atoms with E-state index in [0.29, 0.717) is 18.5 Å². The van der Waals surface area contributed by atoms with Crippen molar-refractivity contribution in [1.29, 1.82) is 0 Å². The molecule has 2 N–H and O–H groups in total. The van der Waals surface area contributed by atoms with Gasteiger partial charge in [-0.25, -0.2) is 8.42 Å². The van der Waals surface area contributed by atoms with E-state index in [2.05, 4.69) is 12.2 Å². The molecule has 1 aromatic rings. The van der Waals surface area contributed by atoms with E-state index >= 15 is 0 Å². The predicted octanol–water partition coefficient (Wildman–Crippen LogP) is 2.47. The van der Waals surface area contributed by atoms with Gasteiger partial charge in [-0.2, -0.15) is 0 Å². The number of hydrogen-bond donors (Lipinski definition) is 2. The molecule has 0 saturated heterocycles. The highest BCUT2D eigenvalue weighted by atomic mass is 32.2. The third-order valence-electron chi connectivity index (χ3n) is 4.72. The molecule has 0 aliphatic heterocycles. The monoisotopic (exact) mass is 325 g/mol. The Morgan fingerprint density at radius 2 is 1.82 bits per heavy atom. The minimum absolute atomic E-state index is 0.279. The Kier molecular flexibility index (Phi) is 5.30. The van der Waals surface area contributed by atoms with Crippen molar-refractivity contribution in [1.82, 2.24) is 5.32 Å². The number of nitrogens with one attached hydrogen (secondary N) is 1. The molecule has 0 amide bonds. The Bertz CT molecular complexity index is 593. The Balaban J connectivity index is 2.03. The fourth-order valence-electron chi connectivity index (χ4n) is 3.11. The molecular formula is C17H27NO3S. The van der Waals surface area contributed by atoms with Crippen molar-refractivity contribution in [2.45, 2.75) is 56.1 Å². The first-order valence-electron chi connectivity index (χ1n) is 7.96. The molecule has 1 fully saturated rings. The van der Waals surface area contributed by atoms with E-state index in [4.69, 9.17) is 0 Å². The summed E-state index contributed by atoms with van der Waals surface area (Å²) in [6.45, 7) is 4.50. The van der Waals surface area contributed by atoms with E-state index in [1.807, 2.05) is 0 Å². The molecular weight excluding hydrogens is 298 g/mol. The van der Waals surface area contributed by atoms with Gasteiger partial charge in [-0.3, -0.25) is 0 Å². The molecule has 0 bridgehead atoms. The van der Waals surface area contributed by atoms with Crippen molar-refractivity contribution in [2.24, 2.45) is 5.92 Å². The van der Waals surface area contributed by atoms with E-state index in [-0.39, 0.29) is 4.90 Å². The summed E-state index contributed by atoms with van der Waals surface area (Å²) in [7, 11) is -3.20. The topological polar surface area (TPSA) is 66.4 Å². The van der Waals surface area contributed by atoms with Gasteiger partial charge < -0.3 is 10.4 Å². The number of hydrogen-bond acceptors (Lipinski definition) is 4. The van der Waals surface area contributed by atoms with Crippen LogP contribution in [-0.2, 0) is 15.4 Å². The van der Waals surface area contributed by atoms with E-state index in [1.165, 1.54) is 25.5 Å². The van der Waals surface area contributed by atoms with Crippen LogP contribution < -0.4 is 5.32 Å². The molecule has 2 rings (SSSR count). The zero-order valence-electron chi connectivity index (χ0n) is 13.7. The average molecular weight is 325 g/mol. The second kappa shape index (κ2) is 6.69. The normalized spacial score (nSPS) is 25.6. The molecule has 0 radical (unpaired) electrons. The summed E-state index contributed by atoms with van der Waals surface area (Å²) >= 11 is 0. The molecule has 5 heteroatoms. The van der Waals surface area contributed by atoms with Crippen molar-refractivity contribution in [3.63, 3.8) is 0 Å². The predicted molar refractivity (Wildman–Crippen MR) is 88.5 cm³/mol. The summed E-state index contributed by atoms with van der Waals surface area (Å²) in [6, 6.07) is 6.96. The molecule has 0 heterocycles. The van der Waals surface area contributed by atoms with Gasteiger partial charge in [-0.05, 0) is 43.4 Å². The van der Waals surface area contributed by atoms with Crippen LogP contribution in [0.15, 0.2) is 29.2 Å². The summed E-state index contributed by atoms with van der Waals surface area (Å²) in [5.41, 5.74) is -0.274. The Morgan fingerprint density at radius 1 is 1.23 bits per heavy atom. The van der Waals surface area contributed by atoms with Crippen molar-refractivity contribution >= 4 is 9.84 Å². The number of rotatable bonds is 5. The van der Waals surface area contributed by atoms with Crippen LogP contribution in [0.5, 0.6) is 0 Å². The summed E-state index contributed by atoms with van der Waals surface area (Å²) in [6.07, 6.45) is 6.12. The number of sulfone groups is 1. The van der Waals surface area contributed by atoms with Crippen LogP contribution in [0.4, 0.5) is 0 Å². The first-order valence-corrected chi connectivity index (χ1v) is 9.86. The summed E-state index contributed by atoms with van der Waals surface area (Å²) in [5.74, 6) is 0.636. The molecule has 124 valence electrons. The van der Waals surface area contributed by atoms with Crippen molar-refractivity contribution < 1.29 is 13.5 Å². The maximum absolute atomic E-state index is 11.5. The molecule has 22 heavy (non-hydrogen) atoms. The van der Waals surface area contributed by atoms with Crippen molar-refractivity contribution in [3.8, 4) is 0 Å². The zero-order chi connectivity index (χ0) is 16.4. The zero-order valence-corrected chi connectivity index (χ0v) is 14.5. The van der Waals surface area contributed by atoms with Gasteiger partial charge in [0.25, 0.3) is 0 Å². The Morgan fingerprint density at radius 3 is 2.36 bits per heavy atom. The van der Waals surface area contributed by atoms with E-state index in [0.717, 1.165) is 12.0 Å². The summed E-state index contributed by atoms with van der Waals surface area (Å²) in [5, 5.41) is 14.2. The molecule has 1 aromatic carbocycles. The number of aliphatic hydroxyl groups is 1. The Hall–Kier alpha value is -0.910. The minimum Gasteiger partial charge on any atom is -0.384 e. The van der Waals surface area contributed by atoms with Gasteiger partial charge in [0.15, 0.2) is 9.84 Å².